The summed E-state index contributed by atoms with van der Waals surface area (Å²) in [7, 11) is 0. The molecule has 0 bridgehead atoms. The highest BCUT2D eigenvalue weighted by atomic mass is 16.5. The van der Waals surface area contributed by atoms with Gasteiger partial charge in [-0.2, -0.15) is 0 Å². The first kappa shape index (κ1) is 14.9. The van der Waals surface area contributed by atoms with Crippen molar-refractivity contribution in [3.05, 3.63) is 0 Å². The molecule has 22 heavy (non-hydrogen) atoms. The van der Waals surface area contributed by atoms with Gasteiger partial charge in [0.05, 0.1) is 24.7 Å². The zero-order valence-electron chi connectivity index (χ0n) is 13.5. The van der Waals surface area contributed by atoms with Gasteiger partial charge in [-0.25, -0.2) is 0 Å². The lowest BCUT2D eigenvalue weighted by atomic mass is 9.86. The first-order valence-electron chi connectivity index (χ1n) is 9.00. The molecule has 124 valence electrons. The topological polar surface area (TPSA) is 42.0 Å². The molecule has 4 fully saturated rings. The molecule has 0 aromatic heterocycles. The molecule has 1 amide bonds. The van der Waals surface area contributed by atoms with Gasteiger partial charge in [0, 0.05) is 25.7 Å². The molecule has 4 heterocycles. The van der Waals surface area contributed by atoms with E-state index in [1.807, 2.05) is 0 Å². The molecule has 0 N–H and O–H groups in total. The SMILES string of the molecule is O=C(C1CCOC1)N1CCC2(CC1)CC(N1CCCC1)CO2. The molecular formula is C17H28N2O3. The molecule has 4 rings (SSSR count). The van der Waals surface area contributed by atoms with Crippen LogP contribution in [-0.2, 0) is 14.3 Å². The maximum Gasteiger partial charge on any atom is 0.228 e. The second-order valence-electron chi connectivity index (χ2n) is 7.48. The Bertz CT molecular complexity index is 408. The maximum atomic E-state index is 12.5. The second-order valence-corrected chi connectivity index (χ2v) is 7.48. The monoisotopic (exact) mass is 308 g/mol. The van der Waals surface area contributed by atoms with Gasteiger partial charge < -0.3 is 14.4 Å². The Balaban J connectivity index is 1.31. The van der Waals surface area contributed by atoms with E-state index in [0.29, 0.717) is 18.6 Å². The molecule has 1 spiro atoms. The predicted molar refractivity (Wildman–Crippen MR) is 82.6 cm³/mol. The summed E-state index contributed by atoms with van der Waals surface area (Å²) >= 11 is 0. The summed E-state index contributed by atoms with van der Waals surface area (Å²) in [6.07, 6.45) is 6.77. The number of amides is 1. The Hall–Kier alpha value is -0.650. The van der Waals surface area contributed by atoms with Crippen molar-refractivity contribution >= 4 is 5.91 Å². The van der Waals surface area contributed by atoms with Gasteiger partial charge in [-0.1, -0.05) is 0 Å². The zero-order chi connectivity index (χ0) is 15.0. The summed E-state index contributed by atoms with van der Waals surface area (Å²) in [6.45, 7) is 6.48. The van der Waals surface area contributed by atoms with Crippen molar-refractivity contribution in [3.63, 3.8) is 0 Å². The van der Waals surface area contributed by atoms with Crippen molar-refractivity contribution in [2.24, 2.45) is 5.92 Å². The van der Waals surface area contributed by atoms with Crippen molar-refractivity contribution < 1.29 is 14.3 Å². The Morgan fingerprint density at radius 1 is 1.05 bits per heavy atom. The lowest BCUT2D eigenvalue weighted by molar-refractivity contribution is -0.140. The fourth-order valence-electron chi connectivity index (χ4n) is 4.63. The van der Waals surface area contributed by atoms with Crippen molar-refractivity contribution in [2.45, 2.75) is 50.2 Å². The summed E-state index contributed by atoms with van der Waals surface area (Å²) in [5.74, 6) is 0.414. The van der Waals surface area contributed by atoms with Crippen LogP contribution in [0.1, 0.15) is 38.5 Å². The van der Waals surface area contributed by atoms with Crippen LogP contribution < -0.4 is 0 Å². The van der Waals surface area contributed by atoms with Crippen LogP contribution in [0, 0.1) is 5.92 Å². The lowest BCUT2D eigenvalue weighted by Crippen LogP contribution is -2.48. The molecule has 0 aromatic carbocycles. The van der Waals surface area contributed by atoms with Gasteiger partial charge in [0.25, 0.3) is 0 Å². The van der Waals surface area contributed by atoms with E-state index in [-0.39, 0.29) is 11.5 Å². The first-order chi connectivity index (χ1) is 10.8. The molecular weight excluding hydrogens is 280 g/mol. The second kappa shape index (κ2) is 6.10. The summed E-state index contributed by atoms with van der Waals surface area (Å²) < 4.78 is 11.6. The largest absolute Gasteiger partial charge is 0.381 e. The number of piperidine rings is 1. The van der Waals surface area contributed by atoms with Crippen molar-refractivity contribution in [1.29, 1.82) is 0 Å². The molecule has 4 aliphatic rings. The first-order valence-corrected chi connectivity index (χ1v) is 9.00. The van der Waals surface area contributed by atoms with Crippen LogP contribution in [0.2, 0.25) is 0 Å². The van der Waals surface area contributed by atoms with Crippen LogP contribution in [0.15, 0.2) is 0 Å². The molecule has 5 nitrogen and oxygen atoms in total. The van der Waals surface area contributed by atoms with Crippen LogP contribution in [0.5, 0.6) is 0 Å². The molecule has 4 saturated heterocycles. The standard InChI is InChI=1S/C17H28N2O3/c20-16(14-3-10-21-12-14)19-8-4-17(5-9-19)11-15(13-22-17)18-6-1-2-7-18/h14-15H,1-13H2. The van der Waals surface area contributed by atoms with E-state index in [1.165, 1.54) is 32.4 Å². The van der Waals surface area contributed by atoms with E-state index in [2.05, 4.69) is 9.80 Å². The van der Waals surface area contributed by atoms with Gasteiger partial charge >= 0.3 is 0 Å². The Kier molecular flexibility index (Phi) is 4.13. The number of rotatable bonds is 2. The van der Waals surface area contributed by atoms with Gasteiger partial charge in [-0.15, -0.1) is 0 Å². The number of likely N-dealkylation sites (tertiary alicyclic amines) is 2. The predicted octanol–water partition coefficient (Wildman–Crippen LogP) is 1.27. The Labute approximate surface area is 132 Å². The normalized spacial score (nSPS) is 35.5. The average Bonchev–Trinajstić information content (AvgIpc) is 3.29. The molecule has 4 aliphatic heterocycles. The maximum absolute atomic E-state index is 12.5. The summed E-state index contributed by atoms with van der Waals surface area (Å²) in [6, 6.07) is 0.619. The van der Waals surface area contributed by atoms with E-state index in [9.17, 15) is 4.79 Å². The van der Waals surface area contributed by atoms with Crippen LogP contribution in [-0.4, -0.2) is 73.3 Å². The van der Waals surface area contributed by atoms with Crippen LogP contribution in [0.4, 0.5) is 0 Å². The molecule has 0 aliphatic carbocycles. The van der Waals surface area contributed by atoms with Crippen molar-refractivity contribution in [3.8, 4) is 0 Å². The van der Waals surface area contributed by atoms with Gasteiger partial charge in [0.1, 0.15) is 0 Å². The third-order valence-electron chi connectivity index (χ3n) is 6.11. The number of hydrogen-bond donors (Lipinski definition) is 0. The van der Waals surface area contributed by atoms with Gasteiger partial charge in [0.15, 0.2) is 0 Å². The quantitative estimate of drug-likeness (QED) is 0.770. The van der Waals surface area contributed by atoms with E-state index >= 15 is 0 Å². The van der Waals surface area contributed by atoms with E-state index in [0.717, 1.165) is 45.6 Å². The Morgan fingerprint density at radius 2 is 1.82 bits per heavy atom. The minimum Gasteiger partial charge on any atom is -0.381 e. The van der Waals surface area contributed by atoms with Gasteiger partial charge in [-0.3, -0.25) is 9.69 Å². The number of hydrogen-bond acceptors (Lipinski definition) is 4. The van der Waals surface area contributed by atoms with Crippen LogP contribution in [0.3, 0.4) is 0 Å². The highest BCUT2D eigenvalue weighted by Crippen LogP contribution is 2.38. The molecule has 5 heteroatoms. The Morgan fingerprint density at radius 3 is 2.50 bits per heavy atom. The summed E-state index contributed by atoms with van der Waals surface area (Å²) in [5, 5.41) is 0. The molecule has 0 saturated carbocycles. The third-order valence-corrected chi connectivity index (χ3v) is 6.11. The fraction of sp³-hybridized carbons (Fsp3) is 0.941. The lowest BCUT2D eigenvalue weighted by Gasteiger charge is -2.39. The van der Waals surface area contributed by atoms with E-state index in [1.54, 1.807) is 0 Å². The summed E-state index contributed by atoms with van der Waals surface area (Å²) in [4.78, 5) is 17.1. The van der Waals surface area contributed by atoms with Gasteiger partial charge in [0.2, 0.25) is 5.91 Å². The third kappa shape index (κ3) is 2.79. The van der Waals surface area contributed by atoms with E-state index < -0.39 is 0 Å². The fourth-order valence-corrected chi connectivity index (χ4v) is 4.63. The summed E-state index contributed by atoms with van der Waals surface area (Å²) in [5.41, 5.74) is 0.0518. The molecule has 2 atom stereocenters. The van der Waals surface area contributed by atoms with Crippen LogP contribution in [0.25, 0.3) is 0 Å². The zero-order valence-corrected chi connectivity index (χ0v) is 13.5. The van der Waals surface area contributed by atoms with Crippen molar-refractivity contribution in [1.82, 2.24) is 9.80 Å². The molecule has 0 aromatic rings. The minimum atomic E-state index is 0.0518. The smallest absolute Gasteiger partial charge is 0.228 e. The number of carbonyl (C=O) groups is 1. The molecule has 2 unspecified atom stereocenters. The van der Waals surface area contributed by atoms with Gasteiger partial charge in [-0.05, 0) is 51.6 Å². The molecule has 0 radical (unpaired) electrons. The highest BCUT2D eigenvalue weighted by molar-refractivity contribution is 5.79. The number of nitrogens with zero attached hydrogens (tertiary/aromatic N) is 2. The number of carbonyl (C=O) groups excluding carboxylic acids is 1. The average molecular weight is 308 g/mol. The van der Waals surface area contributed by atoms with E-state index in [4.69, 9.17) is 9.47 Å². The van der Waals surface area contributed by atoms with Crippen LogP contribution >= 0.6 is 0 Å². The number of ether oxygens (including phenoxy) is 2. The van der Waals surface area contributed by atoms with Crippen molar-refractivity contribution in [2.75, 3.05) is 46.0 Å². The highest BCUT2D eigenvalue weighted by Gasteiger charge is 2.45. The minimum absolute atomic E-state index is 0.0518.